The molecule has 2 aromatic rings. The number of amides is 1. The van der Waals surface area contributed by atoms with Crippen molar-refractivity contribution in [3.05, 3.63) is 54.1 Å². The van der Waals surface area contributed by atoms with Crippen LogP contribution < -0.4 is 4.74 Å². The molecule has 3 heterocycles. The van der Waals surface area contributed by atoms with Crippen molar-refractivity contribution in [1.29, 1.82) is 0 Å². The Morgan fingerprint density at radius 3 is 3.00 bits per heavy atom. The molecule has 5 nitrogen and oxygen atoms in total. The molecular weight excluding hydrogens is 278 g/mol. The molecule has 1 aromatic heterocycles. The molecule has 22 heavy (non-hydrogen) atoms. The van der Waals surface area contributed by atoms with Crippen LogP contribution in [0.2, 0.25) is 0 Å². The molecule has 1 fully saturated rings. The predicted octanol–water partition coefficient (Wildman–Crippen LogP) is 2.14. The van der Waals surface area contributed by atoms with E-state index in [9.17, 15) is 4.79 Å². The van der Waals surface area contributed by atoms with E-state index in [1.165, 1.54) is 0 Å². The smallest absolute Gasteiger partial charge is 0.261 e. The number of nitrogens with zero attached hydrogens (tertiary/aromatic N) is 3. The Morgan fingerprint density at radius 2 is 2.14 bits per heavy atom. The first-order chi connectivity index (χ1) is 10.8. The van der Waals surface area contributed by atoms with Crippen LogP contribution in [0.3, 0.4) is 0 Å². The Bertz CT molecular complexity index is 689. The maximum absolute atomic E-state index is 12.6. The van der Waals surface area contributed by atoms with Crippen molar-refractivity contribution in [3.63, 3.8) is 0 Å². The van der Waals surface area contributed by atoms with Gasteiger partial charge in [-0.3, -0.25) is 4.79 Å². The lowest BCUT2D eigenvalue weighted by Crippen LogP contribution is -2.44. The van der Waals surface area contributed by atoms with Gasteiger partial charge in [-0.25, -0.2) is 9.97 Å². The molecular formula is C17H17N3O2. The van der Waals surface area contributed by atoms with E-state index in [1.807, 2.05) is 41.4 Å². The van der Waals surface area contributed by atoms with Crippen LogP contribution in [0.5, 0.6) is 5.75 Å². The van der Waals surface area contributed by atoms with Crippen molar-refractivity contribution in [1.82, 2.24) is 14.9 Å². The number of fused-ring (bicyclic) bond motifs is 4. The zero-order valence-corrected chi connectivity index (χ0v) is 12.2. The standard InChI is InChI=1S/C17H17N3O2/c21-17(10-22-13-4-2-1-3-5-13)20-12-6-7-16(20)14-9-18-11-19-15(14)8-12/h1-5,9,11-12,16H,6-8,10H2. The second-order valence-electron chi connectivity index (χ2n) is 5.78. The van der Waals surface area contributed by atoms with Crippen LogP contribution in [0.25, 0.3) is 0 Å². The fourth-order valence-corrected chi connectivity index (χ4v) is 3.54. The number of ether oxygens (including phenoxy) is 1. The van der Waals surface area contributed by atoms with Gasteiger partial charge in [-0.05, 0) is 25.0 Å². The number of rotatable bonds is 3. The highest BCUT2D eigenvalue weighted by atomic mass is 16.5. The Labute approximate surface area is 129 Å². The Balaban J connectivity index is 1.50. The van der Waals surface area contributed by atoms with Gasteiger partial charge in [-0.15, -0.1) is 0 Å². The number of aromatic nitrogens is 2. The summed E-state index contributed by atoms with van der Waals surface area (Å²) in [5, 5.41) is 0. The van der Waals surface area contributed by atoms with Crippen molar-refractivity contribution in [2.75, 3.05) is 6.61 Å². The lowest BCUT2D eigenvalue weighted by molar-refractivity contribution is -0.137. The second-order valence-corrected chi connectivity index (χ2v) is 5.78. The Hall–Kier alpha value is -2.43. The largest absolute Gasteiger partial charge is 0.484 e. The third kappa shape index (κ3) is 2.22. The topological polar surface area (TPSA) is 55.3 Å². The van der Waals surface area contributed by atoms with Gasteiger partial charge in [0.05, 0.1) is 11.7 Å². The highest BCUT2D eigenvalue weighted by Crippen LogP contribution is 2.42. The normalized spacial score (nSPS) is 22.3. The van der Waals surface area contributed by atoms with Gasteiger partial charge in [0.15, 0.2) is 6.61 Å². The van der Waals surface area contributed by atoms with Gasteiger partial charge < -0.3 is 9.64 Å². The van der Waals surface area contributed by atoms with Crippen LogP contribution in [0, 0.1) is 0 Å². The summed E-state index contributed by atoms with van der Waals surface area (Å²) in [6.07, 6.45) is 6.28. The van der Waals surface area contributed by atoms with Crippen LogP contribution in [0.4, 0.5) is 0 Å². The van der Waals surface area contributed by atoms with E-state index in [-0.39, 0.29) is 24.6 Å². The van der Waals surface area contributed by atoms with Crippen molar-refractivity contribution in [2.24, 2.45) is 0 Å². The van der Waals surface area contributed by atoms with Crippen molar-refractivity contribution >= 4 is 5.91 Å². The van der Waals surface area contributed by atoms with Crippen LogP contribution in [0.15, 0.2) is 42.9 Å². The fourth-order valence-electron chi connectivity index (χ4n) is 3.54. The molecule has 4 rings (SSSR count). The molecule has 0 saturated carbocycles. The minimum absolute atomic E-state index is 0.0471. The van der Waals surface area contributed by atoms with Crippen molar-refractivity contribution in [3.8, 4) is 5.75 Å². The molecule has 0 spiro atoms. The van der Waals surface area contributed by atoms with E-state index in [4.69, 9.17) is 4.74 Å². The Morgan fingerprint density at radius 1 is 1.27 bits per heavy atom. The van der Waals surface area contributed by atoms with Crippen LogP contribution in [0.1, 0.15) is 30.1 Å². The molecule has 0 radical (unpaired) electrons. The number of benzene rings is 1. The molecule has 112 valence electrons. The van der Waals surface area contributed by atoms with Crippen molar-refractivity contribution in [2.45, 2.75) is 31.3 Å². The van der Waals surface area contributed by atoms with E-state index >= 15 is 0 Å². The maximum Gasteiger partial charge on any atom is 0.261 e. The lowest BCUT2D eigenvalue weighted by Gasteiger charge is -2.35. The predicted molar refractivity (Wildman–Crippen MR) is 80.3 cm³/mol. The molecule has 5 heteroatoms. The molecule has 2 atom stereocenters. The number of carbonyl (C=O) groups is 1. The van der Waals surface area contributed by atoms with E-state index in [1.54, 1.807) is 6.33 Å². The van der Waals surface area contributed by atoms with Crippen LogP contribution >= 0.6 is 0 Å². The van der Waals surface area contributed by atoms with Gasteiger partial charge in [0.1, 0.15) is 12.1 Å². The van der Waals surface area contributed by atoms with Gasteiger partial charge in [0.2, 0.25) is 0 Å². The molecule has 2 aliphatic rings. The number of hydrogen-bond donors (Lipinski definition) is 0. The van der Waals surface area contributed by atoms with Crippen LogP contribution in [-0.4, -0.2) is 33.4 Å². The summed E-state index contributed by atoms with van der Waals surface area (Å²) in [5.41, 5.74) is 2.19. The first kappa shape index (κ1) is 13.2. The minimum Gasteiger partial charge on any atom is -0.484 e. The SMILES string of the molecule is O=C(COc1ccccc1)N1C2CCC1c1cncnc1C2. The van der Waals surface area contributed by atoms with Crippen LogP contribution in [-0.2, 0) is 11.2 Å². The summed E-state index contributed by atoms with van der Waals surface area (Å²) < 4.78 is 5.61. The number of hydrogen-bond acceptors (Lipinski definition) is 4. The average molecular weight is 295 g/mol. The zero-order valence-electron chi connectivity index (χ0n) is 12.2. The van der Waals surface area contributed by atoms with Gasteiger partial charge in [0.25, 0.3) is 5.91 Å². The van der Waals surface area contributed by atoms with E-state index in [0.29, 0.717) is 0 Å². The molecule has 2 bridgehead atoms. The zero-order chi connectivity index (χ0) is 14.9. The highest BCUT2D eigenvalue weighted by Gasteiger charge is 2.43. The molecule has 1 aromatic carbocycles. The highest BCUT2D eigenvalue weighted by molar-refractivity contribution is 5.79. The summed E-state index contributed by atoms with van der Waals surface area (Å²) in [6, 6.07) is 9.82. The second kappa shape index (κ2) is 5.40. The average Bonchev–Trinajstić information content (AvgIpc) is 2.89. The minimum atomic E-state index is 0.0471. The van der Waals surface area contributed by atoms with E-state index in [2.05, 4.69) is 9.97 Å². The Kier molecular flexibility index (Phi) is 3.25. The molecule has 2 unspecified atom stereocenters. The summed E-state index contributed by atoms with van der Waals surface area (Å²) in [4.78, 5) is 23.1. The van der Waals surface area contributed by atoms with Gasteiger partial charge in [-0.2, -0.15) is 0 Å². The van der Waals surface area contributed by atoms with Crippen molar-refractivity contribution < 1.29 is 9.53 Å². The maximum atomic E-state index is 12.6. The quantitative estimate of drug-likeness (QED) is 0.870. The van der Waals surface area contributed by atoms with Gasteiger partial charge in [0, 0.05) is 24.2 Å². The first-order valence-corrected chi connectivity index (χ1v) is 7.61. The third-order valence-electron chi connectivity index (χ3n) is 4.51. The molecule has 0 aliphatic carbocycles. The molecule has 0 N–H and O–H groups in total. The molecule has 1 amide bonds. The molecule has 1 saturated heterocycles. The first-order valence-electron chi connectivity index (χ1n) is 7.61. The fraction of sp³-hybridized carbons (Fsp3) is 0.353. The summed E-state index contributed by atoms with van der Waals surface area (Å²) >= 11 is 0. The summed E-state index contributed by atoms with van der Waals surface area (Å²) in [6.45, 7) is 0.0834. The number of carbonyl (C=O) groups excluding carboxylic acids is 1. The van der Waals surface area contributed by atoms with E-state index in [0.717, 1.165) is 36.3 Å². The van der Waals surface area contributed by atoms with Gasteiger partial charge >= 0.3 is 0 Å². The summed E-state index contributed by atoms with van der Waals surface area (Å²) in [7, 11) is 0. The third-order valence-corrected chi connectivity index (χ3v) is 4.51. The van der Waals surface area contributed by atoms with Gasteiger partial charge in [-0.1, -0.05) is 18.2 Å². The van der Waals surface area contributed by atoms with E-state index < -0.39 is 0 Å². The lowest BCUT2D eigenvalue weighted by atomic mass is 9.99. The monoisotopic (exact) mass is 295 g/mol. The number of para-hydroxylation sites is 1. The summed E-state index contributed by atoms with van der Waals surface area (Å²) in [5.74, 6) is 0.773. The molecule has 2 aliphatic heterocycles.